The number of aliphatic carboxylic acids is 1. The number of carbonyl (C=O) groups is 3. The maximum atomic E-state index is 12.5. The lowest BCUT2D eigenvalue weighted by molar-refractivity contribution is -0.763. The molecular weight excluding hydrogens is 578 g/mol. The van der Waals surface area contributed by atoms with Gasteiger partial charge in [0.1, 0.15) is 30.3 Å². The minimum Gasteiger partial charge on any atom is -0.480 e. The predicted octanol–water partition coefficient (Wildman–Crippen LogP) is 3.60. The number of carboxylic acid groups (broad SMARTS) is 1. The minimum atomic E-state index is -1.68. The average molecular weight is 601 g/mol. The number of rotatable bonds is 13. The summed E-state index contributed by atoms with van der Waals surface area (Å²) < 4.78 is 20.6. The number of ether oxygens (including phenoxy) is 4. The van der Waals surface area contributed by atoms with Crippen molar-refractivity contribution in [1.82, 2.24) is 0 Å². The molecule has 0 heterocycles. The lowest BCUT2D eigenvalue weighted by Crippen LogP contribution is -2.46. The molecule has 0 fully saturated rings. The van der Waals surface area contributed by atoms with Crippen LogP contribution in [-0.2, 0) is 34.1 Å². The molecule has 3 aromatic rings. The third-order valence-electron chi connectivity index (χ3n) is 5.38. The number of hydrogen-bond donors (Lipinski definition) is 2. The third kappa shape index (κ3) is 10.2. The molecule has 17 nitrogen and oxygen atoms in total. The molecule has 0 aromatic heterocycles. The van der Waals surface area contributed by atoms with Crippen molar-refractivity contribution in [3.8, 4) is 23.0 Å². The second-order valence-electron chi connectivity index (χ2n) is 8.87. The largest absolute Gasteiger partial charge is 0.519 e. The van der Waals surface area contributed by atoms with Gasteiger partial charge < -0.3 is 39.5 Å². The zero-order valence-corrected chi connectivity index (χ0v) is 22.2. The van der Waals surface area contributed by atoms with E-state index in [1.54, 1.807) is 0 Å². The van der Waals surface area contributed by atoms with Crippen LogP contribution in [0.1, 0.15) is 23.6 Å². The van der Waals surface area contributed by atoms with Gasteiger partial charge in [0, 0.05) is 6.42 Å². The van der Waals surface area contributed by atoms with Gasteiger partial charge in [-0.1, -0.05) is 30.3 Å². The van der Waals surface area contributed by atoms with E-state index in [1.807, 2.05) is 0 Å². The molecule has 0 bridgehead atoms. The summed E-state index contributed by atoms with van der Waals surface area (Å²) in [7, 11) is 0. The normalized spacial score (nSPS) is 11.8. The number of nitrogens with zero attached hydrogens (tertiary/aromatic N) is 2. The highest BCUT2D eigenvalue weighted by Gasteiger charge is 2.29. The van der Waals surface area contributed by atoms with Gasteiger partial charge in [-0.25, -0.2) is 9.59 Å². The molecule has 17 heteroatoms. The van der Waals surface area contributed by atoms with Crippen molar-refractivity contribution in [3.05, 3.63) is 104 Å². The molecule has 0 saturated carbocycles. The first-order valence-electron chi connectivity index (χ1n) is 12.0. The van der Waals surface area contributed by atoms with E-state index in [9.17, 15) is 39.7 Å². The van der Waals surface area contributed by atoms with E-state index in [-0.39, 0.29) is 42.6 Å². The molecule has 0 aliphatic heterocycles. The number of hydrogen-bond acceptors (Lipinski definition) is 14. The van der Waals surface area contributed by atoms with Crippen LogP contribution in [0.15, 0.2) is 66.7 Å². The summed E-state index contributed by atoms with van der Waals surface area (Å²) in [4.78, 5) is 65.6. The molecule has 43 heavy (non-hydrogen) atoms. The first kappa shape index (κ1) is 31.6. The first-order chi connectivity index (χ1) is 20.3. The molecule has 1 atom stereocenters. The topological polar surface area (TPSA) is 239 Å². The van der Waals surface area contributed by atoms with Crippen LogP contribution in [0.4, 0.5) is 9.59 Å². The fourth-order valence-electron chi connectivity index (χ4n) is 3.30. The number of carboxylic acids is 1. The fourth-order valence-corrected chi connectivity index (χ4v) is 3.30. The van der Waals surface area contributed by atoms with Gasteiger partial charge in [-0.3, -0.25) is 4.79 Å². The molecule has 0 radical (unpaired) electrons. The highest BCUT2D eigenvalue weighted by atomic mass is 17.0. The van der Waals surface area contributed by atoms with Crippen LogP contribution in [-0.4, -0.2) is 39.1 Å². The van der Waals surface area contributed by atoms with Gasteiger partial charge in [-0.15, -0.1) is 20.2 Å². The molecule has 0 spiro atoms. The Hall–Kier alpha value is -5.97. The van der Waals surface area contributed by atoms with Gasteiger partial charge in [0.15, 0.2) is 11.5 Å². The van der Waals surface area contributed by atoms with Crippen LogP contribution in [0.2, 0.25) is 0 Å². The Morgan fingerprint density at radius 1 is 0.721 bits per heavy atom. The standard InChI is InChI=1S/C26H23N3O14/c1-26(27,23(30)31)13-18-6-11-21(42-24(32)40-19-7-2-16(3-8-19)14-38-28(34)35)22(12-18)43-25(33)41-20-9-4-17(5-10-20)15-39-29(36)37/h2-12H,13-15,27H2,1H3,(H,30,31). The maximum absolute atomic E-state index is 12.5. The van der Waals surface area contributed by atoms with E-state index < -0.39 is 34.0 Å². The fraction of sp³-hybridized carbons (Fsp3) is 0.192. The smallest absolute Gasteiger partial charge is 0.480 e. The van der Waals surface area contributed by atoms with E-state index in [0.29, 0.717) is 16.7 Å². The Labute approximate surface area is 241 Å². The lowest BCUT2D eigenvalue weighted by atomic mass is 9.94. The molecule has 0 amide bonds. The van der Waals surface area contributed by atoms with Gasteiger partial charge >= 0.3 is 18.3 Å². The summed E-state index contributed by atoms with van der Waals surface area (Å²) in [6, 6.07) is 14.8. The second kappa shape index (κ2) is 14.1. The van der Waals surface area contributed by atoms with E-state index in [1.165, 1.54) is 73.7 Å². The first-order valence-corrected chi connectivity index (χ1v) is 12.0. The Balaban J connectivity index is 1.74. The lowest BCUT2D eigenvalue weighted by Gasteiger charge is -2.20. The molecule has 3 N–H and O–H groups in total. The van der Waals surface area contributed by atoms with Crippen LogP contribution in [0.5, 0.6) is 23.0 Å². The van der Waals surface area contributed by atoms with Gasteiger partial charge in [0.25, 0.3) is 10.2 Å². The molecule has 0 aliphatic rings. The van der Waals surface area contributed by atoms with Crippen LogP contribution in [0, 0.1) is 20.2 Å². The van der Waals surface area contributed by atoms with Crippen molar-refractivity contribution in [3.63, 3.8) is 0 Å². The molecule has 1 unspecified atom stereocenters. The summed E-state index contributed by atoms with van der Waals surface area (Å²) in [6.07, 6.45) is -2.72. The molecule has 226 valence electrons. The van der Waals surface area contributed by atoms with Gasteiger partial charge in [0.05, 0.1) is 0 Å². The quantitative estimate of drug-likeness (QED) is 0.123. The highest BCUT2D eigenvalue weighted by Crippen LogP contribution is 2.31. The SMILES string of the molecule is CC(N)(Cc1ccc(OC(=O)Oc2ccc(CO[N+](=O)[O-])cc2)c(OC(=O)Oc2ccc(CO[N+](=O)[O-])cc2)c1)C(=O)O. The highest BCUT2D eigenvalue weighted by molar-refractivity contribution is 5.78. The van der Waals surface area contributed by atoms with Crippen molar-refractivity contribution in [2.75, 3.05) is 0 Å². The summed E-state index contributed by atoms with van der Waals surface area (Å²) in [5, 5.41) is 28.1. The Morgan fingerprint density at radius 2 is 1.14 bits per heavy atom. The predicted molar refractivity (Wildman–Crippen MR) is 140 cm³/mol. The minimum absolute atomic E-state index is 0.000328. The Bertz CT molecular complexity index is 1490. The average Bonchev–Trinajstić information content (AvgIpc) is 2.93. The van der Waals surface area contributed by atoms with Crippen molar-refractivity contribution >= 4 is 18.3 Å². The van der Waals surface area contributed by atoms with Crippen molar-refractivity contribution in [2.45, 2.75) is 32.1 Å². The number of benzene rings is 3. The van der Waals surface area contributed by atoms with Crippen LogP contribution in [0.3, 0.4) is 0 Å². The summed E-state index contributed by atoms with van der Waals surface area (Å²) in [6.45, 7) is 0.643. The number of nitrogens with two attached hydrogens (primary N) is 1. The second-order valence-corrected chi connectivity index (χ2v) is 8.87. The van der Waals surface area contributed by atoms with E-state index in [4.69, 9.17) is 24.7 Å². The monoisotopic (exact) mass is 601 g/mol. The summed E-state index contributed by atoms with van der Waals surface area (Å²) in [5.41, 5.74) is 5.28. The van der Waals surface area contributed by atoms with Gasteiger partial charge in [-0.2, -0.15) is 0 Å². The van der Waals surface area contributed by atoms with Crippen LogP contribution >= 0.6 is 0 Å². The zero-order valence-electron chi connectivity index (χ0n) is 22.2. The van der Waals surface area contributed by atoms with Crippen molar-refractivity contribution < 1.29 is 58.3 Å². The Morgan fingerprint density at radius 3 is 1.56 bits per heavy atom. The summed E-state index contributed by atoms with van der Waals surface area (Å²) in [5.74, 6) is -1.92. The number of carbonyl (C=O) groups excluding carboxylic acids is 2. The van der Waals surface area contributed by atoms with Gasteiger partial charge in [-0.05, 0) is 60.0 Å². The molecule has 3 aromatic carbocycles. The maximum Gasteiger partial charge on any atom is 0.519 e. The zero-order chi connectivity index (χ0) is 31.6. The van der Waals surface area contributed by atoms with E-state index >= 15 is 0 Å². The van der Waals surface area contributed by atoms with E-state index in [0.717, 1.165) is 0 Å². The molecule has 0 saturated heterocycles. The Kier molecular flexibility index (Phi) is 10.3. The van der Waals surface area contributed by atoms with Crippen LogP contribution in [0.25, 0.3) is 0 Å². The summed E-state index contributed by atoms with van der Waals surface area (Å²) >= 11 is 0. The molecule has 0 aliphatic carbocycles. The van der Waals surface area contributed by atoms with Crippen molar-refractivity contribution in [2.24, 2.45) is 5.73 Å². The van der Waals surface area contributed by atoms with Crippen LogP contribution < -0.4 is 24.7 Å². The van der Waals surface area contributed by atoms with Crippen molar-refractivity contribution in [1.29, 1.82) is 0 Å². The molecular formula is C26H23N3O14. The third-order valence-corrected chi connectivity index (χ3v) is 5.38. The van der Waals surface area contributed by atoms with Gasteiger partial charge in [0.2, 0.25) is 0 Å². The molecule has 3 rings (SSSR count). The van der Waals surface area contributed by atoms with E-state index in [2.05, 4.69) is 9.68 Å².